The highest BCUT2D eigenvalue weighted by Gasteiger charge is 2.10. The quantitative estimate of drug-likeness (QED) is 0.602. The Kier molecular flexibility index (Phi) is 14.4. The molecule has 1 amide bonds. The van der Waals surface area contributed by atoms with Gasteiger partial charge in [-0.15, -0.1) is 24.8 Å². The van der Waals surface area contributed by atoms with Crippen LogP contribution < -0.4 is 11.1 Å². The molecule has 0 atom stereocenters. The molecule has 0 saturated carbocycles. The molecule has 5 N–H and O–H groups in total. The number of nitrogens with two attached hydrogens (primary N) is 1. The van der Waals surface area contributed by atoms with Gasteiger partial charge >= 0.3 is 0 Å². The summed E-state index contributed by atoms with van der Waals surface area (Å²) in [6, 6.07) is 0. The third kappa shape index (κ3) is 8.27. The molecule has 0 spiro atoms. The van der Waals surface area contributed by atoms with Gasteiger partial charge in [-0.25, -0.2) is 0 Å². The van der Waals surface area contributed by atoms with E-state index in [1.807, 2.05) is 0 Å². The van der Waals surface area contributed by atoms with Gasteiger partial charge in [0.25, 0.3) is 0 Å². The van der Waals surface area contributed by atoms with E-state index in [0.29, 0.717) is 6.54 Å². The van der Waals surface area contributed by atoms with Crippen molar-refractivity contribution < 1.29 is 10.3 Å². The van der Waals surface area contributed by atoms with E-state index in [1.165, 1.54) is 0 Å². The molecule has 1 saturated heterocycles. The molecule has 0 bridgehead atoms. The predicted molar refractivity (Wildman–Crippen MR) is 56.6 cm³/mol. The molecule has 13 heavy (non-hydrogen) atoms. The summed E-state index contributed by atoms with van der Waals surface area (Å²) in [5.41, 5.74) is 5.02. The molecule has 0 radical (unpaired) electrons. The number of primary amides is 1. The fourth-order valence-corrected chi connectivity index (χ4v) is 1.09. The van der Waals surface area contributed by atoms with E-state index < -0.39 is 0 Å². The standard InChI is InChI=1S/C6H13N3O.2ClH.H2O/c7-6(10)5-9-3-1-8-2-4-9;;;/h8H,1-5H2,(H2,7,10);2*1H;1H2. The number of halogens is 2. The molecule has 0 aromatic heterocycles. The van der Waals surface area contributed by atoms with Crippen LogP contribution >= 0.6 is 24.8 Å². The Morgan fingerprint density at radius 1 is 1.31 bits per heavy atom. The van der Waals surface area contributed by atoms with Gasteiger partial charge in [-0.1, -0.05) is 0 Å². The van der Waals surface area contributed by atoms with Crippen molar-refractivity contribution in [2.45, 2.75) is 0 Å². The van der Waals surface area contributed by atoms with Crippen molar-refractivity contribution >= 4 is 30.7 Å². The monoisotopic (exact) mass is 233 g/mol. The Morgan fingerprint density at radius 3 is 2.15 bits per heavy atom. The summed E-state index contributed by atoms with van der Waals surface area (Å²) in [5.74, 6) is -0.234. The third-order valence-electron chi connectivity index (χ3n) is 1.59. The van der Waals surface area contributed by atoms with Crippen molar-refractivity contribution in [2.75, 3.05) is 32.7 Å². The Balaban J connectivity index is -0.000000333. The van der Waals surface area contributed by atoms with Crippen LogP contribution in [0.2, 0.25) is 0 Å². The lowest BCUT2D eigenvalue weighted by Gasteiger charge is -2.25. The Bertz CT molecular complexity index is 131. The molecule has 1 rings (SSSR count). The highest BCUT2D eigenvalue weighted by Crippen LogP contribution is 1.89. The number of amides is 1. The summed E-state index contributed by atoms with van der Waals surface area (Å²) in [4.78, 5) is 12.5. The third-order valence-corrected chi connectivity index (χ3v) is 1.59. The summed E-state index contributed by atoms with van der Waals surface area (Å²) >= 11 is 0. The summed E-state index contributed by atoms with van der Waals surface area (Å²) in [5, 5.41) is 3.19. The number of hydrogen-bond donors (Lipinski definition) is 2. The lowest BCUT2D eigenvalue weighted by atomic mass is 10.3. The zero-order valence-electron chi connectivity index (χ0n) is 7.28. The minimum Gasteiger partial charge on any atom is -0.412 e. The first kappa shape index (κ1) is 18.7. The van der Waals surface area contributed by atoms with Gasteiger partial charge in [-0.05, 0) is 0 Å². The number of piperazine rings is 1. The largest absolute Gasteiger partial charge is 0.412 e. The van der Waals surface area contributed by atoms with E-state index in [1.54, 1.807) is 0 Å². The molecule has 1 aliphatic heterocycles. The van der Waals surface area contributed by atoms with Crippen LogP contribution in [-0.2, 0) is 4.79 Å². The molecule has 82 valence electrons. The molecule has 1 aliphatic rings. The molecular weight excluding hydrogens is 217 g/mol. The second kappa shape index (κ2) is 10.0. The van der Waals surface area contributed by atoms with Crippen LogP contribution in [0.3, 0.4) is 0 Å². The average Bonchev–Trinajstić information content (AvgIpc) is 1.88. The van der Waals surface area contributed by atoms with Gasteiger partial charge in [0.2, 0.25) is 5.91 Å². The van der Waals surface area contributed by atoms with Gasteiger partial charge in [-0.2, -0.15) is 0 Å². The van der Waals surface area contributed by atoms with E-state index >= 15 is 0 Å². The second-order valence-electron chi connectivity index (χ2n) is 2.49. The van der Waals surface area contributed by atoms with Crippen LogP contribution in [-0.4, -0.2) is 49.0 Å². The van der Waals surface area contributed by atoms with E-state index in [9.17, 15) is 4.79 Å². The SMILES string of the molecule is Cl.Cl.NC(=O)CN1CCNCC1.O. The predicted octanol–water partition coefficient (Wildman–Crippen LogP) is -1.60. The molecule has 0 unspecified atom stereocenters. The van der Waals surface area contributed by atoms with Gasteiger partial charge in [0.1, 0.15) is 0 Å². The second-order valence-corrected chi connectivity index (χ2v) is 2.49. The highest BCUT2D eigenvalue weighted by molar-refractivity contribution is 5.85. The topological polar surface area (TPSA) is 89.9 Å². The van der Waals surface area contributed by atoms with Crippen molar-refractivity contribution in [3.05, 3.63) is 0 Å². The van der Waals surface area contributed by atoms with E-state index in [-0.39, 0.29) is 36.2 Å². The Morgan fingerprint density at radius 2 is 1.77 bits per heavy atom. The molecule has 0 aromatic carbocycles. The van der Waals surface area contributed by atoms with Crippen molar-refractivity contribution in [3.63, 3.8) is 0 Å². The molecule has 0 aromatic rings. The molecular formula is C6H17Cl2N3O2. The van der Waals surface area contributed by atoms with E-state index in [2.05, 4.69) is 10.2 Å². The number of nitrogens with one attached hydrogen (secondary N) is 1. The maximum Gasteiger partial charge on any atom is 0.231 e. The maximum atomic E-state index is 10.4. The molecule has 0 aliphatic carbocycles. The molecule has 7 heteroatoms. The van der Waals surface area contributed by atoms with Crippen LogP contribution in [0.25, 0.3) is 0 Å². The van der Waals surface area contributed by atoms with Gasteiger partial charge in [0, 0.05) is 26.2 Å². The summed E-state index contributed by atoms with van der Waals surface area (Å²) in [6.45, 7) is 4.20. The zero-order valence-corrected chi connectivity index (χ0v) is 8.92. The maximum absolute atomic E-state index is 10.4. The first-order valence-corrected chi connectivity index (χ1v) is 3.50. The molecule has 1 fully saturated rings. The van der Waals surface area contributed by atoms with Crippen LogP contribution in [0.4, 0.5) is 0 Å². The number of hydrogen-bond acceptors (Lipinski definition) is 3. The lowest BCUT2D eigenvalue weighted by Crippen LogP contribution is -2.46. The Labute approximate surface area is 90.2 Å². The Hall–Kier alpha value is -0.0700. The average molecular weight is 234 g/mol. The van der Waals surface area contributed by atoms with Crippen molar-refractivity contribution in [3.8, 4) is 0 Å². The molecule has 1 heterocycles. The smallest absolute Gasteiger partial charge is 0.231 e. The normalized spacial score (nSPS) is 16.0. The first-order chi connectivity index (χ1) is 4.79. The first-order valence-electron chi connectivity index (χ1n) is 3.50. The minimum absolute atomic E-state index is 0. The van der Waals surface area contributed by atoms with E-state index in [4.69, 9.17) is 5.73 Å². The minimum atomic E-state index is -0.234. The number of carbonyl (C=O) groups excluding carboxylic acids is 1. The van der Waals surface area contributed by atoms with Crippen LogP contribution in [0, 0.1) is 0 Å². The van der Waals surface area contributed by atoms with Crippen molar-refractivity contribution in [2.24, 2.45) is 5.73 Å². The van der Waals surface area contributed by atoms with E-state index in [0.717, 1.165) is 26.2 Å². The summed E-state index contributed by atoms with van der Waals surface area (Å²) < 4.78 is 0. The van der Waals surface area contributed by atoms with Gasteiger partial charge in [-0.3, -0.25) is 9.69 Å². The highest BCUT2D eigenvalue weighted by atomic mass is 35.5. The van der Waals surface area contributed by atoms with Crippen LogP contribution in [0.1, 0.15) is 0 Å². The van der Waals surface area contributed by atoms with Crippen molar-refractivity contribution in [1.82, 2.24) is 10.2 Å². The van der Waals surface area contributed by atoms with Crippen LogP contribution in [0.15, 0.2) is 0 Å². The summed E-state index contributed by atoms with van der Waals surface area (Å²) in [7, 11) is 0. The fourth-order valence-electron chi connectivity index (χ4n) is 1.09. The van der Waals surface area contributed by atoms with Gasteiger partial charge in [0.15, 0.2) is 0 Å². The molecule has 5 nitrogen and oxygen atoms in total. The summed E-state index contributed by atoms with van der Waals surface area (Å²) in [6.07, 6.45) is 0. The number of rotatable bonds is 2. The van der Waals surface area contributed by atoms with Gasteiger partial charge < -0.3 is 16.5 Å². The number of carbonyl (C=O) groups is 1. The fraction of sp³-hybridized carbons (Fsp3) is 0.833. The van der Waals surface area contributed by atoms with Crippen molar-refractivity contribution in [1.29, 1.82) is 0 Å². The van der Waals surface area contributed by atoms with Gasteiger partial charge in [0.05, 0.1) is 6.54 Å². The zero-order chi connectivity index (χ0) is 7.40. The van der Waals surface area contributed by atoms with Crippen LogP contribution in [0.5, 0.6) is 0 Å². The lowest BCUT2D eigenvalue weighted by molar-refractivity contribution is -0.119. The number of nitrogens with zero attached hydrogens (tertiary/aromatic N) is 1.